The molecule has 0 aromatic carbocycles. The smallest absolute Gasteiger partial charge is 0.475 e. The minimum absolute atomic E-state index is 0.0133. The summed E-state index contributed by atoms with van der Waals surface area (Å²) in [5, 5.41) is 7.12. The van der Waals surface area contributed by atoms with Gasteiger partial charge in [-0.1, -0.05) is 0 Å². The molecule has 0 saturated carbocycles. The van der Waals surface area contributed by atoms with E-state index in [9.17, 15) is 18.0 Å². The van der Waals surface area contributed by atoms with Crippen LogP contribution in [0.2, 0.25) is 0 Å². The average molecular weight is 462 g/mol. The molecule has 4 heterocycles. The number of ether oxygens (including phenoxy) is 2. The Bertz CT molecular complexity index is 778. The highest BCUT2D eigenvalue weighted by Gasteiger charge is 2.38. The van der Waals surface area contributed by atoms with Crippen molar-refractivity contribution in [1.29, 1.82) is 0 Å². The van der Waals surface area contributed by atoms with Crippen molar-refractivity contribution in [1.82, 2.24) is 9.80 Å². The number of fused-ring (bicyclic) bond motifs is 1. The van der Waals surface area contributed by atoms with Crippen molar-refractivity contribution in [3.05, 3.63) is 23.7 Å². The molecule has 3 fully saturated rings. The third kappa shape index (κ3) is 6.46. The summed E-state index contributed by atoms with van der Waals surface area (Å²) in [5.41, 5.74) is 0. The highest BCUT2D eigenvalue weighted by molar-refractivity contribution is 5.91. The van der Waals surface area contributed by atoms with E-state index in [1.165, 1.54) is 0 Å². The largest absolute Gasteiger partial charge is 0.490 e. The van der Waals surface area contributed by atoms with Crippen LogP contribution in [0.4, 0.5) is 13.2 Å². The van der Waals surface area contributed by atoms with Crippen LogP contribution in [0.25, 0.3) is 0 Å². The Kier molecular flexibility index (Phi) is 8.18. The third-order valence-corrected chi connectivity index (χ3v) is 6.06. The molecule has 180 valence electrons. The number of carboxylic acid groups (broad SMARTS) is 1. The van der Waals surface area contributed by atoms with Gasteiger partial charge in [-0.2, -0.15) is 13.2 Å². The van der Waals surface area contributed by atoms with Crippen LogP contribution in [0.15, 0.2) is 16.5 Å². The van der Waals surface area contributed by atoms with Gasteiger partial charge in [-0.3, -0.25) is 9.69 Å². The zero-order chi connectivity index (χ0) is 23.3. The average Bonchev–Trinajstić information content (AvgIpc) is 3.08. The van der Waals surface area contributed by atoms with Gasteiger partial charge < -0.3 is 23.9 Å². The number of piperidine rings is 1. The van der Waals surface area contributed by atoms with Gasteiger partial charge in [0.25, 0.3) is 5.91 Å². The second-order valence-corrected chi connectivity index (χ2v) is 8.26. The molecule has 0 unspecified atom stereocenters. The van der Waals surface area contributed by atoms with Gasteiger partial charge in [0.05, 0.1) is 12.7 Å². The number of aryl methyl sites for hydroxylation is 1. The molecule has 1 amide bonds. The molecule has 2 atom stereocenters. The Labute approximate surface area is 184 Å². The van der Waals surface area contributed by atoms with E-state index in [2.05, 4.69) is 4.90 Å². The van der Waals surface area contributed by atoms with E-state index < -0.39 is 12.1 Å². The summed E-state index contributed by atoms with van der Waals surface area (Å²) in [4.78, 5) is 26.0. The molecule has 0 bridgehead atoms. The van der Waals surface area contributed by atoms with Crippen LogP contribution in [0.3, 0.4) is 0 Å². The van der Waals surface area contributed by atoms with Gasteiger partial charge in [-0.05, 0) is 38.3 Å². The van der Waals surface area contributed by atoms with Gasteiger partial charge >= 0.3 is 12.1 Å². The lowest BCUT2D eigenvalue weighted by molar-refractivity contribution is -0.192. The minimum Gasteiger partial charge on any atom is -0.475 e. The van der Waals surface area contributed by atoms with Crippen LogP contribution in [0, 0.1) is 12.8 Å². The highest BCUT2D eigenvalue weighted by Crippen LogP contribution is 2.28. The molecular formula is C21H29F3N2O6. The van der Waals surface area contributed by atoms with Gasteiger partial charge in [-0.15, -0.1) is 0 Å². The monoisotopic (exact) mass is 462 g/mol. The minimum atomic E-state index is -5.08. The summed E-state index contributed by atoms with van der Waals surface area (Å²) in [6.07, 6.45) is -1.70. The van der Waals surface area contributed by atoms with Crippen molar-refractivity contribution in [3.8, 4) is 0 Å². The van der Waals surface area contributed by atoms with Gasteiger partial charge in [0, 0.05) is 51.4 Å². The molecule has 3 saturated heterocycles. The van der Waals surface area contributed by atoms with Crippen LogP contribution in [0.1, 0.15) is 35.6 Å². The van der Waals surface area contributed by atoms with E-state index in [0.29, 0.717) is 24.3 Å². The molecule has 1 N–H and O–H groups in total. The zero-order valence-electron chi connectivity index (χ0n) is 18.0. The number of amides is 1. The lowest BCUT2D eigenvalue weighted by Gasteiger charge is -2.39. The number of hydrogen-bond donors (Lipinski definition) is 1. The van der Waals surface area contributed by atoms with Crippen molar-refractivity contribution < 1.29 is 41.8 Å². The molecule has 0 aliphatic carbocycles. The number of hydrogen-bond acceptors (Lipinski definition) is 6. The van der Waals surface area contributed by atoms with Crippen molar-refractivity contribution in [2.45, 2.75) is 44.5 Å². The third-order valence-electron chi connectivity index (χ3n) is 6.06. The molecule has 0 spiro atoms. The Morgan fingerprint density at radius 1 is 1.06 bits per heavy atom. The van der Waals surface area contributed by atoms with Crippen molar-refractivity contribution in [2.24, 2.45) is 5.92 Å². The van der Waals surface area contributed by atoms with Gasteiger partial charge in [0.15, 0.2) is 5.76 Å². The Morgan fingerprint density at radius 2 is 1.75 bits per heavy atom. The molecule has 11 heteroatoms. The fourth-order valence-corrected chi connectivity index (χ4v) is 4.35. The molecule has 3 aliphatic heterocycles. The summed E-state index contributed by atoms with van der Waals surface area (Å²) in [7, 11) is 0. The van der Waals surface area contributed by atoms with Crippen molar-refractivity contribution in [2.75, 3.05) is 46.0 Å². The zero-order valence-corrected chi connectivity index (χ0v) is 18.0. The van der Waals surface area contributed by atoms with Crippen LogP contribution in [-0.4, -0.2) is 91.1 Å². The van der Waals surface area contributed by atoms with Crippen LogP contribution >= 0.6 is 0 Å². The Balaban J connectivity index is 0.000000360. The maximum Gasteiger partial charge on any atom is 0.490 e. The van der Waals surface area contributed by atoms with Gasteiger partial charge in [0.2, 0.25) is 0 Å². The van der Waals surface area contributed by atoms with Crippen LogP contribution in [0.5, 0.6) is 0 Å². The van der Waals surface area contributed by atoms with E-state index in [-0.39, 0.29) is 12.0 Å². The number of carbonyl (C=O) groups is 2. The van der Waals surface area contributed by atoms with E-state index >= 15 is 0 Å². The van der Waals surface area contributed by atoms with E-state index in [1.807, 2.05) is 17.9 Å². The SMILES string of the molecule is Cc1ccc(C(=O)N2CC[C@@H]3CN(C4CCOCC4)CCO[C@@H]3C2)o1.O=C(O)C(F)(F)F. The number of nitrogens with zero attached hydrogens (tertiary/aromatic N) is 2. The first-order valence-electron chi connectivity index (χ1n) is 10.7. The topological polar surface area (TPSA) is 92.5 Å². The second kappa shape index (κ2) is 10.7. The number of carboxylic acids is 1. The molecule has 1 aromatic heterocycles. The summed E-state index contributed by atoms with van der Waals surface area (Å²) in [6, 6.07) is 4.24. The quantitative estimate of drug-likeness (QED) is 0.722. The maximum absolute atomic E-state index is 12.6. The lowest BCUT2D eigenvalue weighted by atomic mass is 9.92. The van der Waals surface area contributed by atoms with Crippen molar-refractivity contribution >= 4 is 11.9 Å². The fraction of sp³-hybridized carbons (Fsp3) is 0.714. The normalized spacial score (nSPS) is 25.3. The first kappa shape index (κ1) is 24.5. The van der Waals surface area contributed by atoms with E-state index in [0.717, 1.165) is 64.5 Å². The predicted octanol–water partition coefficient (Wildman–Crippen LogP) is 2.56. The standard InChI is InChI=1S/C19H28N2O4.C2HF3O2/c1-14-2-3-17(25-14)19(22)21-7-4-15-12-20(8-11-24-18(15)13-21)16-5-9-23-10-6-16;3-2(4,5)1(6)7/h2-3,15-16,18H,4-13H2,1H3;(H,6,7)/t15-,18-;/m1./s1. The van der Waals surface area contributed by atoms with Crippen LogP contribution < -0.4 is 0 Å². The molecule has 3 aliphatic rings. The van der Waals surface area contributed by atoms with Crippen molar-refractivity contribution in [3.63, 3.8) is 0 Å². The maximum atomic E-state index is 12.6. The molecule has 1 aromatic rings. The second-order valence-electron chi connectivity index (χ2n) is 8.26. The Hall–Kier alpha value is -2.11. The van der Waals surface area contributed by atoms with Gasteiger partial charge in [0.1, 0.15) is 5.76 Å². The summed E-state index contributed by atoms with van der Waals surface area (Å²) >= 11 is 0. The predicted molar refractivity (Wildman–Crippen MR) is 106 cm³/mol. The number of likely N-dealkylation sites (tertiary alicyclic amines) is 1. The number of alkyl halides is 3. The Morgan fingerprint density at radius 3 is 2.34 bits per heavy atom. The molecule has 8 nitrogen and oxygen atoms in total. The molecule has 4 rings (SSSR count). The lowest BCUT2D eigenvalue weighted by Crippen LogP contribution is -2.50. The number of aliphatic carboxylic acids is 1. The number of halogens is 3. The number of carbonyl (C=O) groups excluding carboxylic acids is 1. The number of rotatable bonds is 2. The summed E-state index contributed by atoms with van der Waals surface area (Å²) < 4.78 is 48.9. The molecule has 0 radical (unpaired) electrons. The fourth-order valence-electron chi connectivity index (χ4n) is 4.35. The van der Waals surface area contributed by atoms with Crippen LogP contribution in [-0.2, 0) is 14.3 Å². The summed E-state index contributed by atoms with van der Waals surface area (Å²) in [6.45, 7) is 7.89. The van der Waals surface area contributed by atoms with E-state index in [4.69, 9.17) is 23.8 Å². The summed E-state index contributed by atoms with van der Waals surface area (Å²) in [5.74, 6) is -1.05. The first-order chi connectivity index (χ1) is 15.1. The van der Waals surface area contributed by atoms with E-state index in [1.54, 1.807) is 6.07 Å². The highest BCUT2D eigenvalue weighted by atomic mass is 19.4. The molecular weight excluding hydrogens is 433 g/mol. The number of furan rings is 1. The van der Waals surface area contributed by atoms with Gasteiger partial charge in [-0.25, -0.2) is 4.79 Å². The first-order valence-corrected chi connectivity index (χ1v) is 10.7. The molecule has 32 heavy (non-hydrogen) atoms.